The second kappa shape index (κ2) is 17.2. The van der Waals surface area contributed by atoms with Crippen molar-refractivity contribution < 1.29 is 22.7 Å². The Labute approximate surface area is 349 Å². The van der Waals surface area contributed by atoms with Crippen LogP contribution in [-0.2, 0) is 16.1 Å². The van der Waals surface area contributed by atoms with E-state index in [1.165, 1.54) is 28.9 Å². The number of anilines is 3. The fourth-order valence-corrected chi connectivity index (χ4v) is 8.76. The van der Waals surface area contributed by atoms with Crippen molar-refractivity contribution in [1.82, 2.24) is 44.7 Å². The Balaban J connectivity index is 0.000000973. The third-order valence-electron chi connectivity index (χ3n) is 11.7. The number of aromatic nitrogens is 7. The smallest absolute Gasteiger partial charge is 0.245 e. The number of hydrogen-bond donors (Lipinski definition) is 4. The van der Waals surface area contributed by atoms with Gasteiger partial charge in [0, 0.05) is 50.5 Å². The Hall–Kier alpha value is -6.54. The highest BCUT2D eigenvalue weighted by Crippen LogP contribution is 2.42. The van der Waals surface area contributed by atoms with Crippen molar-refractivity contribution in [2.75, 3.05) is 42.5 Å². The molecule has 0 spiro atoms. The van der Waals surface area contributed by atoms with Gasteiger partial charge >= 0.3 is 0 Å². The molecule has 1 amide bonds. The number of hydrazine groups is 1. The van der Waals surface area contributed by atoms with Crippen molar-refractivity contribution in [3.05, 3.63) is 78.0 Å². The fraction of sp³-hybridized carbons (Fsp3) is 0.390. The van der Waals surface area contributed by atoms with E-state index in [9.17, 15) is 9.18 Å². The maximum Gasteiger partial charge on any atom is 0.245 e. The Morgan fingerprint density at radius 2 is 1.84 bits per heavy atom. The molecule has 320 valence electrons. The zero-order chi connectivity index (χ0) is 42.9. The summed E-state index contributed by atoms with van der Waals surface area (Å²) in [5.41, 5.74) is 9.35. The quantitative estimate of drug-likeness (QED) is 0.0788. The van der Waals surface area contributed by atoms with E-state index in [0.717, 1.165) is 38.1 Å². The Morgan fingerprint density at radius 3 is 2.52 bits per heavy atom. The van der Waals surface area contributed by atoms with Crippen LogP contribution in [0, 0.1) is 24.4 Å². The van der Waals surface area contributed by atoms with Gasteiger partial charge in [0.1, 0.15) is 47.2 Å². The summed E-state index contributed by atoms with van der Waals surface area (Å²) in [6.45, 7) is 4.48. The van der Waals surface area contributed by atoms with Gasteiger partial charge in [0.25, 0.3) is 0 Å². The lowest BCUT2D eigenvalue weighted by atomic mass is 9.80. The zero-order valence-corrected chi connectivity index (χ0v) is 34.3. The van der Waals surface area contributed by atoms with Crippen LogP contribution in [0.25, 0.3) is 39.0 Å². The number of nitrogens with one attached hydrogen (secondary N) is 2. The van der Waals surface area contributed by atoms with Crippen LogP contribution in [0.1, 0.15) is 44.9 Å². The number of piperidine rings is 1. The number of benzene rings is 2. The predicted molar refractivity (Wildman–Crippen MR) is 226 cm³/mol. The molecule has 2 fully saturated rings. The van der Waals surface area contributed by atoms with E-state index in [2.05, 4.69) is 31.2 Å². The molecule has 0 radical (unpaired) electrons. The van der Waals surface area contributed by atoms with Gasteiger partial charge in [-0.15, -0.1) is 0 Å². The first-order chi connectivity index (χ1) is 29.5. The van der Waals surface area contributed by atoms with Gasteiger partial charge in [-0.05, 0) is 69.4 Å². The van der Waals surface area contributed by atoms with Crippen LogP contribution in [0.5, 0.6) is 0 Å². The zero-order valence-electron chi connectivity index (χ0n) is 34.3. The summed E-state index contributed by atoms with van der Waals surface area (Å²) in [4.78, 5) is 40.3. The number of halogens is 3. The first-order valence-corrected chi connectivity index (χ1v) is 20.1. The molecule has 4 aromatic heterocycles. The number of likely N-dealkylation sites (N-methyl/N-ethyl adjacent to an activating group) is 1. The van der Waals surface area contributed by atoms with Gasteiger partial charge in [-0.2, -0.15) is 20.2 Å². The molecule has 61 heavy (non-hydrogen) atoms. The molecular weight excluding hydrogens is 792 g/mol. The molecule has 17 nitrogen and oxygen atoms in total. The topological polar surface area (TPSA) is 199 Å². The first kappa shape index (κ1) is 41.2. The number of aryl methyl sites for hydroxylation is 1. The molecule has 0 saturated carbocycles. The molecule has 4 unspecified atom stereocenters. The molecule has 20 heteroatoms. The van der Waals surface area contributed by atoms with Crippen molar-refractivity contribution in [3.63, 3.8) is 0 Å². The summed E-state index contributed by atoms with van der Waals surface area (Å²) < 4.78 is 53.9. The fourth-order valence-electron chi connectivity index (χ4n) is 8.76. The number of pyridine rings is 1. The number of fused-ring (bicyclic) bond motifs is 6. The van der Waals surface area contributed by atoms with Gasteiger partial charge in [0.2, 0.25) is 11.9 Å². The number of carbonyl (C=O) groups is 1. The van der Waals surface area contributed by atoms with Crippen LogP contribution in [0.2, 0.25) is 0 Å². The summed E-state index contributed by atoms with van der Waals surface area (Å²) in [6.07, 6.45) is 6.75. The minimum Gasteiger partial charge on any atom is -0.388 e. The lowest BCUT2D eigenvalue weighted by Gasteiger charge is -2.53. The number of carbonyl (C=O) groups excluding carboxylic acids is 1. The maximum absolute atomic E-state index is 15.4. The number of hydrogen-bond acceptors (Lipinski definition) is 13. The lowest BCUT2D eigenvalue weighted by molar-refractivity contribution is -0.133. The van der Waals surface area contributed by atoms with Gasteiger partial charge in [-0.3, -0.25) is 4.79 Å². The molecule has 6 aromatic rings. The van der Waals surface area contributed by atoms with E-state index < -0.39 is 29.6 Å². The molecule has 2 aromatic carbocycles. The molecule has 9 rings (SSSR count). The van der Waals surface area contributed by atoms with Crippen LogP contribution in [0.15, 0.2) is 59.8 Å². The number of amides is 1. The van der Waals surface area contributed by atoms with E-state index in [0.29, 0.717) is 69.7 Å². The van der Waals surface area contributed by atoms with Crippen LogP contribution in [-0.4, -0.2) is 103 Å². The minimum atomic E-state index is -0.788. The summed E-state index contributed by atoms with van der Waals surface area (Å²) in [7, 11) is 3.36. The van der Waals surface area contributed by atoms with E-state index >= 15 is 8.78 Å². The monoisotopic (exact) mass is 839 g/mol. The van der Waals surface area contributed by atoms with Gasteiger partial charge in [-0.1, -0.05) is 13.0 Å². The number of nitrogens with zero attached hydrogens (tertiary/aromatic N) is 11. The van der Waals surface area contributed by atoms with E-state index in [4.69, 9.17) is 25.4 Å². The Morgan fingerprint density at radius 1 is 1.03 bits per heavy atom. The summed E-state index contributed by atoms with van der Waals surface area (Å²) in [6, 6.07) is 11.5. The van der Waals surface area contributed by atoms with E-state index in [1.807, 2.05) is 47.0 Å². The SMILES string of the molecule is CCC1C(=O)N(C)CC(OC)Cn2c(C)nc3cc(F)cc(c32)-c2cccc(n2)NCN1c1nc(N2C3CCCC2C3)nc2c1cnn2-c1ccc(F)cc1F.N/C=N\NN. The molecule has 0 aliphatic carbocycles. The molecule has 3 aliphatic heterocycles. The average Bonchev–Trinajstić information content (AvgIpc) is 3.81. The second-order valence-electron chi connectivity index (χ2n) is 15.3. The predicted octanol–water partition coefficient (Wildman–Crippen LogP) is 4.58. The molecule has 4 atom stereocenters. The standard InChI is InChI=1S/C40H42F3N11O2.CH6N4/c1-5-33-39(55)50(3)19-27(56-4)20-51-22(2)46-32-16-24(42)14-28(36(32)51)31-10-7-11-35(47-31)44-21-52(33)37-29-18-45-54(34-13-12-23(41)15-30(34)43)38(29)49-40(48-37)53-25-8-6-9-26(53)17-25;2-1-4-5-3/h7,10-16,18,25-27,33H,5-6,8-9,17,19-21H2,1-4H3,(H,44,47);1,5H,3H2,(H2,2,4). The molecule has 6 N–H and O–H groups in total. The number of hydrazone groups is 1. The van der Waals surface area contributed by atoms with Crippen molar-refractivity contribution in [2.45, 2.75) is 76.7 Å². The van der Waals surface area contributed by atoms with Crippen molar-refractivity contribution in [2.24, 2.45) is 16.7 Å². The van der Waals surface area contributed by atoms with E-state index in [-0.39, 0.29) is 36.9 Å². The van der Waals surface area contributed by atoms with Crippen LogP contribution in [0.4, 0.5) is 30.8 Å². The highest BCUT2D eigenvalue weighted by molar-refractivity contribution is 5.94. The third kappa shape index (κ3) is 7.83. The van der Waals surface area contributed by atoms with E-state index in [1.54, 1.807) is 25.3 Å². The summed E-state index contributed by atoms with van der Waals surface area (Å²) >= 11 is 0. The van der Waals surface area contributed by atoms with Crippen molar-refractivity contribution in [1.29, 1.82) is 0 Å². The normalized spacial score (nSPS) is 20.5. The number of methoxy groups -OCH3 is 1. The molecule has 4 bridgehead atoms. The maximum atomic E-state index is 15.4. The van der Waals surface area contributed by atoms with Crippen molar-refractivity contribution >= 4 is 51.9 Å². The molecule has 2 saturated heterocycles. The molecule has 7 heterocycles. The average molecular weight is 840 g/mol. The van der Waals surface area contributed by atoms with Gasteiger partial charge < -0.3 is 35.1 Å². The highest BCUT2D eigenvalue weighted by Gasteiger charge is 2.44. The summed E-state index contributed by atoms with van der Waals surface area (Å²) in [5.74, 6) is 4.57. The van der Waals surface area contributed by atoms with Crippen LogP contribution >= 0.6 is 0 Å². The molecule has 3 aliphatic rings. The number of imidazole rings is 1. The minimum absolute atomic E-state index is 0.0350. The Bertz CT molecular complexity index is 2590. The first-order valence-electron chi connectivity index (χ1n) is 20.1. The largest absolute Gasteiger partial charge is 0.388 e. The van der Waals surface area contributed by atoms with Crippen molar-refractivity contribution in [3.8, 4) is 16.9 Å². The number of ether oxygens (including phenoxy) is 1. The lowest BCUT2D eigenvalue weighted by Crippen LogP contribution is -2.59. The second-order valence-corrected chi connectivity index (χ2v) is 15.3. The van der Waals surface area contributed by atoms with Gasteiger partial charge in [0.05, 0.1) is 47.6 Å². The van der Waals surface area contributed by atoms with Gasteiger partial charge in [0.15, 0.2) is 11.5 Å². The highest BCUT2D eigenvalue weighted by atomic mass is 19.1. The number of nitrogens with two attached hydrogens (primary N) is 2. The number of rotatable bonds is 6. The van der Waals surface area contributed by atoms with Gasteiger partial charge in [-0.25, -0.2) is 39.2 Å². The van der Waals surface area contributed by atoms with Crippen LogP contribution < -0.4 is 32.2 Å². The summed E-state index contributed by atoms with van der Waals surface area (Å²) in [5, 5.41) is 11.6. The third-order valence-corrected chi connectivity index (χ3v) is 11.7. The molecular formula is C41H48F3N15O2. The Kier molecular flexibility index (Phi) is 11.6. The van der Waals surface area contributed by atoms with Crippen LogP contribution in [0.3, 0.4) is 0 Å².